The van der Waals surface area contributed by atoms with Crippen LogP contribution in [0.15, 0.2) is 24.3 Å². The number of ether oxygens (including phenoxy) is 1. The van der Waals surface area contributed by atoms with Crippen molar-refractivity contribution in [1.82, 2.24) is 14.9 Å². The van der Waals surface area contributed by atoms with Crippen LogP contribution in [0.25, 0.3) is 11.3 Å². The number of nitrogens with one attached hydrogen (secondary N) is 1. The highest BCUT2D eigenvalue weighted by Crippen LogP contribution is 2.26. The molecule has 0 fully saturated rings. The standard InChI is InChI=1S/C14H17N3O2S/c1-4-9(2)15-14(18)13-12(16-17-20-13)10-6-5-7-11(8-10)19-3/h5-9H,4H2,1-3H3,(H,15,18). The maximum Gasteiger partial charge on any atom is 0.265 e. The van der Waals surface area contributed by atoms with Gasteiger partial charge in [0.1, 0.15) is 16.3 Å². The van der Waals surface area contributed by atoms with E-state index >= 15 is 0 Å². The molecule has 5 nitrogen and oxygen atoms in total. The molecule has 106 valence electrons. The average molecular weight is 291 g/mol. The van der Waals surface area contributed by atoms with Crippen LogP contribution in [0.2, 0.25) is 0 Å². The highest BCUT2D eigenvalue weighted by atomic mass is 32.1. The number of methoxy groups -OCH3 is 1. The van der Waals surface area contributed by atoms with Gasteiger partial charge in [-0.25, -0.2) is 0 Å². The van der Waals surface area contributed by atoms with Crippen molar-refractivity contribution in [3.05, 3.63) is 29.1 Å². The van der Waals surface area contributed by atoms with E-state index in [1.807, 2.05) is 38.1 Å². The summed E-state index contributed by atoms with van der Waals surface area (Å²) in [6, 6.07) is 7.57. The summed E-state index contributed by atoms with van der Waals surface area (Å²) in [6.45, 7) is 4.00. The third-order valence-electron chi connectivity index (χ3n) is 3.03. The van der Waals surface area contributed by atoms with E-state index < -0.39 is 0 Å². The molecule has 0 saturated heterocycles. The Balaban J connectivity index is 2.30. The smallest absolute Gasteiger partial charge is 0.265 e. The van der Waals surface area contributed by atoms with Crippen molar-refractivity contribution < 1.29 is 9.53 Å². The lowest BCUT2D eigenvalue weighted by Gasteiger charge is -2.10. The first-order valence-corrected chi connectivity index (χ1v) is 7.20. The number of carbonyl (C=O) groups is 1. The fourth-order valence-corrected chi connectivity index (χ4v) is 2.28. The first-order chi connectivity index (χ1) is 9.65. The van der Waals surface area contributed by atoms with Crippen LogP contribution in [0.4, 0.5) is 0 Å². The van der Waals surface area contributed by atoms with Crippen molar-refractivity contribution in [3.8, 4) is 17.0 Å². The molecule has 1 unspecified atom stereocenters. The van der Waals surface area contributed by atoms with Crippen LogP contribution < -0.4 is 10.1 Å². The number of rotatable bonds is 5. The lowest BCUT2D eigenvalue weighted by Crippen LogP contribution is -2.31. The highest BCUT2D eigenvalue weighted by Gasteiger charge is 2.19. The van der Waals surface area contributed by atoms with E-state index in [4.69, 9.17) is 4.74 Å². The van der Waals surface area contributed by atoms with Crippen molar-refractivity contribution >= 4 is 17.4 Å². The number of aromatic nitrogens is 2. The second-order valence-electron chi connectivity index (χ2n) is 4.47. The molecule has 0 aliphatic carbocycles. The van der Waals surface area contributed by atoms with Crippen LogP contribution >= 0.6 is 11.5 Å². The van der Waals surface area contributed by atoms with Crippen molar-refractivity contribution in [3.63, 3.8) is 0 Å². The summed E-state index contributed by atoms with van der Waals surface area (Å²) in [6.07, 6.45) is 0.881. The Morgan fingerprint density at radius 3 is 3.00 bits per heavy atom. The number of carbonyl (C=O) groups excluding carboxylic acids is 1. The first kappa shape index (κ1) is 14.5. The first-order valence-electron chi connectivity index (χ1n) is 6.43. The van der Waals surface area contributed by atoms with Crippen LogP contribution in [-0.2, 0) is 0 Å². The Morgan fingerprint density at radius 1 is 1.50 bits per heavy atom. The quantitative estimate of drug-likeness (QED) is 0.920. The second-order valence-corrected chi connectivity index (χ2v) is 5.22. The van der Waals surface area contributed by atoms with Crippen LogP contribution in [0, 0.1) is 0 Å². The molecule has 0 bridgehead atoms. The molecule has 0 radical (unpaired) electrons. The monoisotopic (exact) mass is 291 g/mol. The molecule has 20 heavy (non-hydrogen) atoms. The number of nitrogens with zero attached hydrogens (tertiary/aromatic N) is 2. The van der Waals surface area contributed by atoms with Crippen molar-refractivity contribution in [2.75, 3.05) is 7.11 Å². The average Bonchev–Trinajstić information content (AvgIpc) is 2.96. The van der Waals surface area contributed by atoms with Crippen molar-refractivity contribution in [2.45, 2.75) is 26.3 Å². The molecule has 0 aliphatic rings. The molecule has 1 aromatic carbocycles. The lowest BCUT2D eigenvalue weighted by molar-refractivity contribution is 0.0944. The molecular formula is C14H17N3O2S. The van der Waals surface area contributed by atoms with Gasteiger partial charge in [0.05, 0.1) is 7.11 Å². The second kappa shape index (κ2) is 6.47. The van der Waals surface area contributed by atoms with Crippen molar-refractivity contribution in [2.24, 2.45) is 0 Å². The number of benzene rings is 1. The Bertz CT molecular complexity index is 598. The minimum absolute atomic E-state index is 0.128. The molecule has 1 aromatic heterocycles. The lowest BCUT2D eigenvalue weighted by atomic mass is 10.1. The van der Waals surface area contributed by atoms with Crippen LogP contribution in [0.1, 0.15) is 29.9 Å². The number of hydrogen-bond acceptors (Lipinski definition) is 5. The van der Waals surface area contributed by atoms with Crippen LogP contribution in [0.5, 0.6) is 5.75 Å². The van der Waals surface area contributed by atoms with Crippen LogP contribution in [-0.4, -0.2) is 28.6 Å². The van der Waals surface area contributed by atoms with Gasteiger partial charge < -0.3 is 10.1 Å². The van der Waals surface area contributed by atoms with Gasteiger partial charge in [-0.1, -0.05) is 23.5 Å². The Morgan fingerprint density at radius 2 is 2.30 bits per heavy atom. The van der Waals surface area contributed by atoms with Gasteiger partial charge in [-0.2, -0.15) is 0 Å². The predicted octanol–water partition coefficient (Wildman–Crippen LogP) is 2.74. The Kier molecular flexibility index (Phi) is 4.68. The van der Waals surface area contributed by atoms with E-state index in [1.54, 1.807) is 7.11 Å². The molecule has 1 amide bonds. The van der Waals surface area contributed by atoms with E-state index in [0.717, 1.165) is 29.3 Å². The maximum absolute atomic E-state index is 12.2. The minimum atomic E-state index is -0.132. The normalized spacial score (nSPS) is 11.9. The van der Waals surface area contributed by atoms with Gasteiger partial charge in [-0.3, -0.25) is 4.79 Å². The zero-order valence-electron chi connectivity index (χ0n) is 11.7. The van der Waals surface area contributed by atoms with Gasteiger partial charge in [0.15, 0.2) is 0 Å². The minimum Gasteiger partial charge on any atom is -0.497 e. The zero-order chi connectivity index (χ0) is 14.5. The summed E-state index contributed by atoms with van der Waals surface area (Å²) in [4.78, 5) is 12.7. The van der Waals surface area contributed by atoms with Crippen molar-refractivity contribution in [1.29, 1.82) is 0 Å². The summed E-state index contributed by atoms with van der Waals surface area (Å²) in [5.74, 6) is 0.593. The largest absolute Gasteiger partial charge is 0.497 e. The highest BCUT2D eigenvalue weighted by molar-refractivity contribution is 7.08. The topological polar surface area (TPSA) is 64.1 Å². The van der Waals surface area contributed by atoms with Crippen LogP contribution in [0.3, 0.4) is 0 Å². The zero-order valence-corrected chi connectivity index (χ0v) is 12.5. The van der Waals surface area contributed by atoms with E-state index in [-0.39, 0.29) is 11.9 Å². The molecule has 0 aliphatic heterocycles. The third-order valence-corrected chi connectivity index (χ3v) is 3.75. The third kappa shape index (κ3) is 3.14. The Labute approximate surface area is 122 Å². The Hall–Kier alpha value is -1.95. The predicted molar refractivity (Wildman–Crippen MR) is 79.1 cm³/mol. The SMILES string of the molecule is CCC(C)NC(=O)c1snnc1-c1cccc(OC)c1. The van der Waals surface area contributed by atoms with Gasteiger partial charge >= 0.3 is 0 Å². The maximum atomic E-state index is 12.2. The van der Waals surface area contributed by atoms with Gasteiger partial charge in [0, 0.05) is 11.6 Å². The van der Waals surface area contributed by atoms with E-state index in [0.29, 0.717) is 10.6 Å². The van der Waals surface area contributed by atoms with Gasteiger partial charge in [-0.05, 0) is 37.0 Å². The molecular weight excluding hydrogens is 274 g/mol. The number of amides is 1. The van der Waals surface area contributed by atoms with Gasteiger partial charge in [0.2, 0.25) is 0 Å². The summed E-state index contributed by atoms with van der Waals surface area (Å²) in [5.41, 5.74) is 1.42. The molecule has 1 atom stereocenters. The molecule has 1 heterocycles. The summed E-state index contributed by atoms with van der Waals surface area (Å²) in [5, 5.41) is 7.00. The fraction of sp³-hybridized carbons (Fsp3) is 0.357. The van der Waals surface area contributed by atoms with Gasteiger partial charge in [0.25, 0.3) is 5.91 Å². The summed E-state index contributed by atoms with van der Waals surface area (Å²) >= 11 is 1.10. The van der Waals surface area contributed by atoms with E-state index in [2.05, 4.69) is 14.9 Å². The molecule has 6 heteroatoms. The molecule has 0 saturated carbocycles. The molecule has 0 spiro atoms. The summed E-state index contributed by atoms with van der Waals surface area (Å²) in [7, 11) is 1.61. The number of hydrogen-bond donors (Lipinski definition) is 1. The molecule has 2 rings (SSSR count). The molecule has 1 N–H and O–H groups in total. The molecule has 2 aromatic rings. The summed E-state index contributed by atoms with van der Waals surface area (Å²) < 4.78 is 9.09. The van der Waals surface area contributed by atoms with E-state index in [1.165, 1.54) is 0 Å². The van der Waals surface area contributed by atoms with E-state index in [9.17, 15) is 4.79 Å². The fourth-order valence-electron chi connectivity index (χ4n) is 1.69. The van der Waals surface area contributed by atoms with Gasteiger partial charge in [-0.15, -0.1) is 5.10 Å².